The Morgan fingerprint density at radius 3 is 2.72 bits per heavy atom. The van der Waals surface area contributed by atoms with Gasteiger partial charge in [0.25, 0.3) is 0 Å². The molecule has 1 rings (SSSR count). The summed E-state index contributed by atoms with van der Waals surface area (Å²) in [6.07, 6.45) is 0.472. The van der Waals surface area contributed by atoms with Crippen molar-refractivity contribution in [2.75, 3.05) is 6.54 Å². The van der Waals surface area contributed by atoms with Gasteiger partial charge in [-0.1, -0.05) is 5.16 Å². The van der Waals surface area contributed by atoms with Crippen LogP contribution in [0.3, 0.4) is 0 Å². The standard InChI is InChI=1S/C11H17BrN2O4/c1-11(2,3)17-10(16)6-13-9(15)5-7-4-8(12)14-18-7/h7H,4-6H2,1-3H3,(H,13,15). The normalized spacial score (nSPS) is 18.9. The third-order valence-electron chi connectivity index (χ3n) is 1.96. The first kappa shape index (κ1) is 14.9. The zero-order valence-electron chi connectivity index (χ0n) is 10.7. The molecule has 1 aliphatic rings. The molecule has 0 aromatic heterocycles. The van der Waals surface area contributed by atoms with Gasteiger partial charge in [0.05, 0.1) is 6.42 Å². The molecule has 1 aliphatic heterocycles. The predicted molar refractivity (Wildman–Crippen MR) is 69.3 cm³/mol. The predicted octanol–water partition coefficient (Wildman–Crippen LogP) is 1.33. The van der Waals surface area contributed by atoms with Crippen molar-refractivity contribution >= 4 is 32.4 Å². The van der Waals surface area contributed by atoms with Crippen LogP contribution in [0.1, 0.15) is 33.6 Å². The first-order chi connectivity index (χ1) is 8.26. The molecule has 0 fully saturated rings. The highest BCUT2D eigenvalue weighted by atomic mass is 79.9. The van der Waals surface area contributed by atoms with Crippen LogP contribution in [-0.4, -0.2) is 34.7 Å². The fourth-order valence-corrected chi connectivity index (χ4v) is 1.78. The Labute approximate surface area is 114 Å². The largest absolute Gasteiger partial charge is 0.459 e. The van der Waals surface area contributed by atoms with E-state index in [-0.39, 0.29) is 25.0 Å². The molecule has 1 N–H and O–H groups in total. The molecular weight excluding hydrogens is 304 g/mol. The van der Waals surface area contributed by atoms with Crippen LogP contribution in [-0.2, 0) is 19.2 Å². The summed E-state index contributed by atoms with van der Waals surface area (Å²) in [4.78, 5) is 27.9. The first-order valence-electron chi connectivity index (χ1n) is 5.63. The molecule has 1 amide bonds. The molecule has 0 radical (unpaired) electrons. The number of nitrogens with zero attached hydrogens (tertiary/aromatic N) is 1. The highest BCUT2D eigenvalue weighted by molar-refractivity contribution is 9.18. The lowest BCUT2D eigenvalue weighted by Crippen LogP contribution is -2.35. The number of esters is 1. The van der Waals surface area contributed by atoms with Gasteiger partial charge in [-0.2, -0.15) is 0 Å². The number of amides is 1. The number of oxime groups is 1. The van der Waals surface area contributed by atoms with Crippen LogP contribution in [0.2, 0.25) is 0 Å². The number of carbonyl (C=O) groups is 2. The van der Waals surface area contributed by atoms with Gasteiger partial charge in [0.1, 0.15) is 22.9 Å². The van der Waals surface area contributed by atoms with Crippen molar-refractivity contribution < 1.29 is 19.2 Å². The summed E-state index contributed by atoms with van der Waals surface area (Å²) in [7, 11) is 0. The summed E-state index contributed by atoms with van der Waals surface area (Å²) in [5, 5.41) is 6.16. The maximum absolute atomic E-state index is 11.5. The number of halogens is 1. The van der Waals surface area contributed by atoms with Gasteiger partial charge in [-0.25, -0.2) is 0 Å². The fourth-order valence-electron chi connectivity index (χ4n) is 1.33. The Morgan fingerprint density at radius 1 is 1.56 bits per heavy atom. The Balaban J connectivity index is 2.19. The number of rotatable bonds is 4. The molecule has 1 unspecified atom stereocenters. The molecule has 6 nitrogen and oxygen atoms in total. The summed E-state index contributed by atoms with van der Waals surface area (Å²) >= 11 is 3.18. The van der Waals surface area contributed by atoms with E-state index in [0.29, 0.717) is 11.0 Å². The van der Waals surface area contributed by atoms with Crippen LogP contribution in [0.25, 0.3) is 0 Å². The fraction of sp³-hybridized carbons (Fsp3) is 0.727. The lowest BCUT2D eigenvalue weighted by Gasteiger charge is -2.19. The van der Waals surface area contributed by atoms with Crippen molar-refractivity contribution in [3.63, 3.8) is 0 Å². The first-order valence-corrected chi connectivity index (χ1v) is 6.42. The molecule has 0 aliphatic carbocycles. The monoisotopic (exact) mass is 320 g/mol. The number of nitrogens with one attached hydrogen (secondary N) is 1. The highest BCUT2D eigenvalue weighted by Gasteiger charge is 2.23. The van der Waals surface area contributed by atoms with Crippen molar-refractivity contribution in [1.82, 2.24) is 5.32 Å². The molecule has 0 aromatic rings. The third kappa shape index (κ3) is 6.00. The van der Waals surface area contributed by atoms with E-state index in [4.69, 9.17) is 9.57 Å². The Hall–Kier alpha value is -1.11. The zero-order valence-corrected chi connectivity index (χ0v) is 12.2. The van der Waals surface area contributed by atoms with Crippen molar-refractivity contribution in [2.24, 2.45) is 5.16 Å². The van der Waals surface area contributed by atoms with Gasteiger partial charge in [0, 0.05) is 6.42 Å². The number of ether oxygens (including phenoxy) is 1. The van der Waals surface area contributed by atoms with E-state index in [1.165, 1.54) is 0 Å². The minimum Gasteiger partial charge on any atom is -0.459 e. The van der Waals surface area contributed by atoms with Crippen LogP contribution < -0.4 is 5.32 Å². The number of carbonyl (C=O) groups excluding carboxylic acids is 2. The van der Waals surface area contributed by atoms with Crippen LogP contribution in [0.4, 0.5) is 0 Å². The lowest BCUT2D eigenvalue weighted by atomic mass is 10.2. The maximum atomic E-state index is 11.5. The van der Waals surface area contributed by atoms with Crippen LogP contribution in [0, 0.1) is 0 Å². The van der Waals surface area contributed by atoms with Crippen LogP contribution in [0.5, 0.6) is 0 Å². The quantitative estimate of drug-likeness (QED) is 0.793. The van der Waals surface area contributed by atoms with Gasteiger partial charge in [-0.05, 0) is 36.7 Å². The molecule has 0 saturated carbocycles. The van der Waals surface area contributed by atoms with E-state index in [1.54, 1.807) is 20.8 Å². The summed E-state index contributed by atoms with van der Waals surface area (Å²) in [6.45, 7) is 5.18. The van der Waals surface area contributed by atoms with E-state index in [1.807, 2.05) is 0 Å². The molecular formula is C11H17BrN2O4. The second kappa shape index (κ2) is 6.17. The molecule has 0 bridgehead atoms. The average Bonchev–Trinajstić information content (AvgIpc) is 2.58. The average molecular weight is 321 g/mol. The minimum atomic E-state index is -0.547. The van der Waals surface area contributed by atoms with Gasteiger partial charge in [-0.15, -0.1) is 0 Å². The van der Waals surface area contributed by atoms with Crippen LogP contribution in [0.15, 0.2) is 5.16 Å². The second-order valence-electron chi connectivity index (χ2n) is 4.97. The van der Waals surface area contributed by atoms with Crippen molar-refractivity contribution in [3.05, 3.63) is 0 Å². The van der Waals surface area contributed by atoms with E-state index in [2.05, 4.69) is 26.4 Å². The van der Waals surface area contributed by atoms with Crippen molar-refractivity contribution in [3.8, 4) is 0 Å². The Kier molecular flexibility index (Phi) is 5.13. The zero-order chi connectivity index (χ0) is 13.8. The third-order valence-corrected chi connectivity index (χ3v) is 2.43. The molecule has 1 heterocycles. The molecule has 18 heavy (non-hydrogen) atoms. The van der Waals surface area contributed by atoms with Crippen molar-refractivity contribution in [1.29, 1.82) is 0 Å². The van der Waals surface area contributed by atoms with Gasteiger partial charge < -0.3 is 14.9 Å². The number of hydrogen-bond acceptors (Lipinski definition) is 5. The SMILES string of the molecule is CC(C)(C)OC(=O)CNC(=O)CC1CC(Br)=NO1. The van der Waals surface area contributed by atoms with Gasteiger partial charge in [0.2, 0.25) is 5.91 Å². The van der Waals surface area contributed by atoms with Crippen LogP contribution >= 0.6 is 15.9 Å². The molecule has 0 spiro atoms. The highest BCUT2D eigenvalue weighted by Crippen LogP contribution is 2.16. The van der Waals surface area contributed by atoms with E-state index < -0.39 is 11.6 Å². The van der Waals surface area contributed by atoms with Crippen molar-refractivity contribution in [2.45, 2.75) is 45.3 Å². The lowest BCUT2D eigenvalue weighted by molar-refractivity contribution is -0.154. The van der Waals surface area contributed by atoms with Gasteiger partial charge in [0.15, 0.2) is 0 Å². The molecule has 1 atom stereocenters. The van der Waals surface area contributed by atoms with E-state index in [9.17, 15) is 9.59 Å². The van der Waals surface area contributed by atoms with Gasteiger partial charge in [-0.3, -0.25) is 9.59 Å². The maximum Gasteiger partial charge on any atom is 0.325 e. The van der Waals surface area contributed by atoms with Gasteiger partial charge >= 0.3 is 5.97 Å². The molecule has 0 aromatic carbocycles. The van der Waals surface area contributed by atoms with E-state index in [0.717, 1.165) is 0 Å². The van der Waals surface area contributed by atoms with E-state index >= 15 is 0 Å². The molecule has 0 saturated heterocycles. The Bertz CT molecular complexity index is 363. The summed E-state index contributed by atoms with van der Waals surface area (Å²) in [5.74, 6) is -0.719. The Morgan fingerprint density at radius 2 is 2.22 bits per heavy atom. The summed E-state index contributed by atoms with van der Waals surface area (Å²) in [6, 6.07) is 0. The molecule has 102 valence electrons. The minimum absolute atomic E-state index is 0.134. The summed E-state index contributed by atoms with van der Waals surface area (Å²) < 4.78 is 5.75. The molecule has 7 heteroatoms. The second-order valence-corrected chi connectivity index (χ2v) is 5.88. The smallest absolute Gasteiger partial charge is 0.325 e. The topological polar surface area (TPSA) is 77.0 Å². The summed E-state index contributed by atoms with van der Waals surface area (Å²) in [5.41, 5.74) is -0.547. The number of hydrogen-bond donors (Lipinski definition) is 1.